The largest absolute Gasteiger partial charge is 0.491 e. The fourth-order valence-corrected chi connectivity index (χ4v) is 1.25. The number of hydrogen-bond acceptors (Lipinski definition) is 4. The highest BCUT2D eigenvalue weighted by Crippen LogP contribution is 2.18. The predicted octanol–water partition coefficient (Wildman–Crippen LogP) is 1.43. The van der Waals surface area contributed by atoms with Crippen molar-refractivity contribution in [3.05, 3.63) is 29.8 Å². The molecule has 0 N–H and O–H groups in total. The van der Waals surface area contributed by atoms with Gasteiger partial charge in [0.1, 0.15) is 12.4 Å². The summed E-state index contributed by atoms with van der Waals surface area (Å²) in [7, 11) is 2.99. The molecule has 0 atom stereocenters. The summed E-state index contributed by atoms with van der Waals surface area (Å²) in [6, 6.07) is 7.40. The van der Waals surface area contributed by atoms with E-state index in [1.165, 1.54) is 7.11 Å². The number of esters is 1. The summed E-state index contributed by atoms with van der Waals surface area (Å²) in [6.07, 6.45) is 0.222. The van der Waals surface area contributed by atoms with E-state index in [4.69, 9.17) is 9.47 Å². The Morgan fingerprint density at radius 2 is 1.94 bits per heavy atom. The van der Waals surface area contributed by atoms with Gasteiger partial charge in [-0.25, -0.2) is 0 Å². The molecule has 0 aromatic heterocycles. The second-order valence-electron chi connectivity index (χ2n) is 3.20. The van der Waals surface area contributed by atoms with Gasteiger partial charge in [0.05, 0.1) is 20.1 Å². The molecule has 0 amide bonds. The molecule has 1 rings (SSSR count). The summed E-state index contributed by atoms with van der Waals surface area (Å²) in [6.45, 7) is 0.987. The number of benzene rings is 1. The number of carbonyl (C=O) groups is 1. The van der Waals surface area contributed by atoms with E-state index in [9.17, 15) is 4.79 Å². The van der Waals surface area contributed by atoms with Gasteiger partial charge in [-0.15, -0.1) is 0 Å². The lowest BCUT2D eigenvalue weighted by Gasteiger charge is -2.10. The Morgan fingerprint density at radius 3 is 2.62 bits per heavy atom. The third-order valence-electron chi connectivity index (χ3n) is 2.08. The second-order valence-corrected chi connectivity index (χ2v) is 3.20. The van der Waals surface area contributed by atoms with Crippen LogP contribution in [0.4, 0.5) is 0 Å². The van der Waals surface area contributed by atoms with E-state index in [0.717, 1.165) is 5.56 Å². The molecule has 0 unspecified atom stereocenters. The molecule has 0 spiro atoms. The first-order valence-electron chi connectivity index (χ1n) is 5.04. The summed E-state index contributed by atoms with van der Waals surface area (Å²) >= 11 is 0. The molecular formula is C12H16O4. The minimum absolute atomic E-state index is 0.222. The topological polar surface area (TPSA) is 44.8 Å². The second kappa shape index (κ2) is 6.85. The molecule has 0 saturated carbocycles. The van der Waals surface area contributed by atoms with Crippen molar-refractivity contribution in [1.29, 1.82) is 0 Å². The average Bonchev–Trinajstić information content (AvgIpc) is 2.31. The molecule has 1 aromatic rings. The Kier molecular flexibility index (Phi) is 5.36. The van der Waals surface area contributed by atoms with Gasteiger partial charge in [0.25, 0.3) is 0 Å². The van der Waals surface area contributed by atoms with Crippen LogP contribution in [0, 0.1) is 0 Å². The molecule has 0 aliphatic carbocycles. The normalized spacial score (nSPS) is 9.88. The van der Waals surface area contributed by atoms with E-state index < -0.39 is 0 Å². The fraction of sp³-hybridized carbons (Fsp3) is 0.417. The number of ether oxygens (including phenoxy) is 3. The van der Waals surface area contributed by atoms with Crippen molar-refractivity contribution >= 4 is 5.97 Å². The third-order valence-corrected chi connectivity index (χ3v) is 2.08. The summed E-state index contributed by atoms with van der Waals surface area (Å²) in [4.78, 5) is 11.2. The van der Waals surface area contributed by atoms with Crippen molar-refractivity contribution in [2.75, 3.05) is 27.4 Å². The molecule has 4 heteroatoms. The summed E-state index contributed by atoms with van der Waals surface area (Å²) in [5.41, 5.74) is 0.824. The van der Waals surface area contributed by atoms with E-state index in [-0.39, 0.29) is 12.4 Å². The Balaban J connectivity index is 2.63. The van der Waals surface area contributed by atoms with Crippen LogP contribution in [0.25, 0.3) is 0 Å². The SMILES string of the molecule is COCCOc1ccccc1CC(=O)OC. The van der Waals surface area contributed by atoms with Gasteiger partial charge in [0.15, 0.2) is 0 Å². The zero-order valence-electron chi connectivity index (χ0n) is 9.56. The van der Waals surface area contributed by atoms with Gasteiger partial charge in [-0.3, -0.25) is 4.79 Å². The zero-order valence-corrected chi connectivity index (χ0v) is 9.56. The minimum Gasteiger partial charge on any atom is -0.491 e. The van der Waals surface area contributed by atoms with Crippen LogP contribution >= 0.6 is 0 Å². The molecule has 0 aliphatic rings. The van der Waals surface area contributed by atoms with E-state index in [2.05, 4.69) is 4.74 Å². The van der Waals surface area contributed by atoms with Crippen LogP contribution < -0.4 is 4.74 Å². The van der Waals surface area contributed by atoms with E-state index in [1.807, 2.05) is 24.3 Å². The summed E-state index contributed by atoms with van der Waals surface area (Å²) < 4.78 is 15.0. The Hall–Kier alpha value is -1.55. The van der Waals surface area contributed by atoms with E-state index >= 15 is 0 Å². The van der Waals surface area contributed by atoms with Crippen LogP contribution in [0.15, 0.2) is 24.3 Å². The highest BCUT2D eigenvalue weighted by atomic mass is 16.5. The number of rotatable bonds is 6. The van der Waals surface area contributed by atoms with Gasteiger partial charge >= 0.3 is 5.97 Å². The molecule has 88 valence electrons. The molecule has 0 fully saturated rings. The lowest BCUT2D eigenvalue weighted by molar-refractivity contribution is -0.139. The minimum atomic E-state index is -0.275. The molecule has 0 heterocycles. The number of para-hydroxylation sites is 1. The highest BCUT2D eigenvalue weighted by molar-refractivity contribution is 5.73. The van der Waals surface area contributed by atoms with Crippen LogP contribution in [-0.4, -0.2) is 33.4 Å². The van der Waals surface area contributed by atoms with Gasteiger partial charge in [-0.2, -0.15) is 0 Å². The standard InChI is InChI=1S/C12H16O4/c1-14-7-8-16-11-6-4-3-5-10(11)9-12(13)15-2/h3-6H,7-9H2,1-2H3. The maximum Gasteiger partial charge on any atom is 0.310 e. The van der Waals surface area contributed by atoms with Crippen molar-refractivity contribution in [2.24, 2.45) is 0 Å². The predicted molar refractivity (Wildman–Crippen MR) is 59.5 cm³/mol. The molecule has 0 bridgehead atoms. The Bertz CT molecular complexity index is 336. The van der Waals surface area contributed by atoms with E-state index in [0.29, 0.717) is 19.0 Å². The Morgan fingerprint density at radius 1 is 1.19 bits per heavy atom. The molecule has 0 aliphatic heterocycles. The van der Waals surface area contributed by atoms with E-state index in [1.54, 1.807) is 7.11 Å². The fourth-order valence-electron chi connectivity index (χ4n) is 1.25. The van der Waals surface area contributed by atoms with Crippen molar-refractivity contribution < 1.29 is 19.0 Å². The van der Waals surface area contributed by atoms with Gasteiger partial charge in [-0.1, -0.05) is 18.2 Å². The van der Waals surface area contributed by atoms with Crippen molar-refractivity contribution in [2.45, 2.75) is 6.42 Å². The summed E-state index contributed by atoms with van der Waals surface area (Å²) in [5.74, 6) is 0.424. The first kappa shape index (κ1) is 12.5. The first-order chi connectivity index (χ1) is 7.77. The van der Waals surface area contributed by atoms with Gasteiger partial charge < -0.3 is 14.2 Å². The van der Waals surface area contributed by atoms with Crippen molar-refractivity contribution in [3.63, 3.8) is 0 Å². The molecule has 0 saturated heterocycles. The first-order valence-corrected chi connectivity index (χ1v) is 5.04. The Labute approximate surface area is 95.1 Å². The van der Waals surface area contributed by atoms with Crippen LogP contribution in [-0.2, 0) is 20.7 Å². The van der Waals surface area contributed by atoms with Crippen molar-refractivity contribution in [3.8, 4) is 5.75 Å². The van der Waals surface area contributed by atoms with Crippen molar-refractivity contribution in [1.82, 2.24) is 0 Å². The smallest absolute Gasteiger partial charge is 0.310 e. The van der Waals surface area contributed by atoms with Crippen LogP contribution in [0.3, 0.4) is 0 Å². The molecule has 1 aromatic carbocycles. The molecule has 16 heavy (non-hydrogen) atoms. The molecule has 4 nitrogen and oxygen atoms in total. The van der Waals surface area contributed by atoms with Gasteiger partial charge in [0.2, 0.25) is 0 Å². The molecular weight excluding hydrogens is 208 g/mol. The molecule has 0 radical (unpaired) electrons. The summed E-state index contributed by atoms with van der Waals surface area (Å²) in [5, 5.41) is 0. The van der Waals surface area contributed by atoms with Gasteiger partial charge in [-0.05, 0) is 6.07 Å². The quantitative estimate of drug-likeness (QED) is 0.541. The third kappa shape index (κ3) is 3.90. The number of hydrogen-bond donors (Lipinski definition) is 0. The lowest BCUT2D eigenvalue weighted by atomic mass is 10.1. The zero-order chi connectivity index (χ0) is 11.8. The van der Waals surface area contributed by atoms with Gasteiger partial charge in [0, 0.05) is 12.7 Å². The number of carbonyl (C=O) groups excluding carboxylic acids is 1. The van der Waals surface area contributed by atoms with Crippen LogP contribution in [0.5, 0.6) is 5.75 Å². The van der Waals surface area contributed by atoms with Crippen LogP contribution in [0.1, 0.15) is 5.56 Å². The maximum absolute atomic E-state index is 11.2. The lowest BCUT2D eigenvalue weighted by Crippen LogP contribution is -2.09. The maximum atomic E-state index is 11.2. The average molecular weight is 224 g/mol. The highest BCUT2D eigenvalue weighted by Gasteiger charge is 2.08. The monoisotopic (exact) mass is 224 g/mol. The number of methoxy groups -OCH3 is 2. The van der Waals surface area contributed by atoms with Crippen LogP contribution in [0.2, 0.25) is 0 Å².